The van der Waals surface area contributed by atoms with Crippen molar-refractivity contribution >= 4 is 0 Å². The summed E-state index contributed by atoms with van der Waals surface area (Å²) >= 11 is 0. The Labute approximate surface area is 89.5 Å². The summed E-state index contributed by atoms with van der Waals surface area (Å²) in [5, 5.41) is 3.49. The molecule has 0 aliphatic carbocycles. The van der Waals surface area contributed by atoms with Crippen molar-refractivity contribution in [1.82, 2.24) is 0 Å². The van der Waals surface area contributed by atoms with E-state index in [0.29, 0.717) is 6.54 Å². The van der Waals surface area contributed by atoms with Crippen molar-refractivity contribution in [2.75, 3.05) is 6.54 Å². The van der Waals surface area contributed by atoms with Gasteiger partial charge in [0, 0.05) is 11.5 Å². The molecule has 0 N–H and O–H groups in total. The second-order valence-corrected chi connectivity index (χ2v) is 3.52. The Kier molecular flexibility index (Phi) is 4.51. The maximum Gasteiger partial charge on any atom is 0.119 e. The van der Waals surface area contributed by atoms with E-state index in [1.54, 1.807) is 0 Å². The monoisotopic (exact) mass is 205 g/mol. The SMILES string of the molecule is CC(C)Oc1ccc(CCN=[N+]=[N-])cc1. The van der Waals surface area contributed by atoms with Gasteiger partial charge in [0.1, 0.15) is 5.75 Å². The molecule has 0 aromatic heterocycles. The minimum Gasteiger partial charge on any atom is -0.491 e. The van der Waals surface area contributed by atoms with Crippen molar-refractivity contribution in [1.29, 1.82) is 0 Å². The zero-order valence-electron chi connectivity index (χ0n) is 9.05. The number of rotatable bonds is 5. The van der Waals surface area contributed by atoms with E-state index >= 15 is 0 Å². The minimum atomic E-state index is 0.194. The topological polar surface area (TPSA) is 58.0 Å². The van der Waals surface area contributed by atoms with E-state index in [1.165, 1.54) is 0 Å². The second kappa shape index (κ2) is 5.94. The molecule has 0 saturated carbocycles. The molecule has 0 aliphatic rings. The molecule has 1 aromatic rings. The van der Waals surface area contributed by atoms with Crippen molar-refractivity contribution in [2.45, 2.75) is 26.4 Å². The number of nitrogens with zero attached hydrogens (tertiary/aromatic N) is 3. The van der Waals surface area contributed by atoms with Gasteiger partial charge in [-0.15, -0.1) is 0 Å². The third-order valence-corrected chi connectivity index (χ3v) is 1.86. The molecule has 0 aliphatic heterocycles. The first-order valence-corrected chi connectivity index (χ1v) is 4.99. The Morgan fingerprint density at radius 1 is 1.33 bits per heavy atom. The summed E-state index contributed by atoms with van der Waals surface area (Å²) in [6.45, 7) is 4.49. The Balaban J connectivity index is 2.52. The van der Waals surface area contributed by atoms with Crippen LogP contribution in [0.15, 0.2) is 29.4 Å². The van der Waals surface area contributed by atoms with Crippen LogP contribution in [0.4, 0.5) is 0 Å². The zero-order chi connectivity index (χ0) is 11.1. The number of ether oxygens (including phenoxy) is 1. The van der Waals surface area contributed by atoms with Crippen LogP contribution in [0, 0.1) is 0 Å². The Hall–Kier alpha value is -1.67. The molecule has 4 heteroatoms. The molecule has 0 bridgehead atoms. The molecule has 0 fully saturated rings. The largest absolute Gasteiger partial charge is 0.491 e. The quantitative estimate of drug-likeness (QED) is 0.413. The van der Waals surface area contributed by atoms with Crippen LogP contribution in [0.25, 0.3) is 10.4 Å². The molecular formula is C11H15N3O. The number of hydrogen-bond acceptors (Lipinski definition) is 2. The third kappa shape index (κ3) is 4.38. The minimum absolute atomic E-state index is 0.194. The lowest BCUT2D eigenvalue weighted by Crippen LogP contribution is -2.05. The van der Waals surface area contributed by atoms with Crippen molar-refractivity contribution < 1.29 is 4.74 Å². The highest BCUT2D eigenvalue weighted by Gasteiger charge is 1.97. The van der Waals surface area contributed by atoms with Crippen LogP contribution in [-0.4, -0.2) is 12.6 Å². The molecule has 0 spiro atoms. The van der Waals surface area contributed by atoms with Crippen LogP contribution in [-0.2, 0) is 6.42 Å². The van der Waals surface area contributed by atoms with E-state index < -0.39 is 0 Å². The fourth-order valence-electron chi connectivity index (χ4n) is 1.23. The smallest absolute Gasteiger partial charge is 0.119 e. The Morgan fingerprint density at radius 3 is 2.53 bits per heavy atom. The van der Waals surface area contributed by atoms with E-state index in [0.717, 1.165) is 17.7 Å². The van der Waals surface area contributed by atoms with Crippen LogP contribution in [0.1, 0.15) is 19.4 Å². The van der Waals surface area contributed by atoms with E-state index in [4.69, 9.17) is 10.3 Å². The highest BCUT2D eigenvalue weighted by atomic mass is 16.5. The molecule has 80 valence electrons. The molecule has 4 nitrogen and oxygen atoms in total. The lowest BCUT2D eigenvalue weighted by molar-refractivity contribution is 0.242. The number of azide groups is 1. The molecule has 0 unspecified atom stereocenters. The van der Waals surface area contributed by atoms with Gasteiger partial charge in [-0.3, -0.25) is 0 Å². The summed E-state index contributed by atoms with van der Waals surface area (Å²) in [7, 11) is 0. The molecule has 0 radical (unpaired) electrons. The third-order valence-electron chi connectivity index (χ3n) is 1.86. The fraction of sp³-hybridized carbons (Fsp3) is 0.455. The normalized spacial score (nSPS) is 9.80. The fourth-order valence-corrected chi connectivity index (χ4v) is 1.23. The summed E-state index contributed by atoms with van der Waals surface area (Å²) in [6.07, 6.45) is 0.963. The van der Waals surface area contributed by atoms with Crippen LogP contribution in [0.5, 0.6) is 5.75 Å². The van der Waals surface area contributed by atoms with Crippen molar-refractivity contribution in [3.63, 3.8) is 0 Å². The standard InChI is InChI=1S/C11H15N3O/c1-9(2)15-11-5-3-10(4-6-11)7-8-13-14-12/h3-6,9H,7-8H2,1-2H3. The summed E-state index contributed by atoms with van der Waals surface area (Å²) < 4.78 is 5.51. The molecule has 0 saturated heterocycles. The number of benzene rings is 1. The first-order chi connectivity index (χ1) is 7.22. The Morgan fingerprint density at radius 2 is 2.00 bits per heavy atom. The van der Waals surface area contributed by atoms with Gasteiger partial charge in [0.05, 0.1) is 6.10 Å². The predicted molar refractivity (Wildman–Crippen MR) is 59.9 cm³/mol. The molecular weight excluding hydrogens is 190 g/mol. The predicted octanol–water partition coefficient (Wildman–Crippen LogP) is 3.33. The van der Waals surface area contributed by atoms with Crippen molar-refractivity contribution in [3.05, 3.63) is 40.3 Å². The first-order valence-electron chi connectivity index (χ1n) is 4.99. The maximum absolute atomic E-state index is 8.13. The van der Waals surface area contributed by atoms with E-state index in [9.17, 15) is 0 Å². The first kappa shape index (κ1) is 11.4. The maximum atomic E-state index is 8.13. The summed E-state index contributed by atoms with van der Waals surface area (Å²) in [5.74, 6) is 0.873. The van der Waals surface area contributed by atoms with Gasteiger partial charge in [0.25, 0.3) is 0 Å². The van der Waals surface area contributed by atoms with E-state index in [2.05, 4.69) is 10.0 Å². The van der Waals surface area contributed by atoms with Crippen LogP contribution < -0.4 is 4.74 Å². The highest BCUT2D eigenvalue weighted by Crippen LogP contribution is 2.14. The van der Waals surface area contributed by atoms with Gasteiger partial charge in [-0.2, -0.15) is 0 Å². The van der Waals surface area contributed by atoms with Crippen molar-refractivity contribution in [3.8, 4) is 5.75 Å². The Bertz CT molecular complexity index is 339. The lowest BCUT2D eigenvalue weighted by Gasteiger charge is -2.09. The molecule has 1 aromatic carbocycles. The van der Waals surface area contributed by atoms with Gasteiger partial charge in [0.15, 0.2) is 0 Å². The molecule has 1 rings (SSSR count). The van der Waals surface area contributed by atoms with Gasteiger partial charge < -0.3 is 4.74 Å². The van der Waals surface area contributed by atoms with E-state index in [1.807, 2.05) is 38.1 Å². The van der Waals surface area contributed by atoms with Gasteiger partial charge in [-0.1, -0.05) is 17.2 Å². The van der Waals surface area contributed by atoms with Crippen LogP contribution >= 0.6 is 0 Å². The lowest BCUT2D eigenvalue weighted by atomic mass is 10.1. The average molecular weight is 205 g/mol. The van der Waals surface area contributed by atoms with Crippen LogP contribution in [0.2, 0.25) is 0 Å². The van der Waals surface area contributed by atoms with Gasteiger partial charge in [0.2, 0.25) is 0 Å². The van der Waals surface area contributed by atoms with Gasteiger partial charge >= 0.3 is 0 Å². The summed E-state index contributed by atoms with van der Waals surface area (Å²) in [6, 6.07) is 7.85. The van der Waals surface area contributed by atoms with Gasteiger partial charge in [-0.25, -0.2) is 0 Å². The summed E-state index contributed by atoms with van der Waals surface area (Å²) in [4.78, 5) is 2.71. The second-order valence-electron chi connectivity index (χ2n) is 3.52. The zero-order valence-corrected chi connectivity index (χ0v) is 9.05. The molecule has 0 heterocycles. The average Bonchev–Trinajstić information content (AvgIpc) is 2.20. The molecule has 15 heavy (non-hydrogen) atoms. The van der Waals surface area contributed by atoms with Crippen LogP contribution in [0.3, 0.4) is 0 Å². The molecule has 0 atom stereocenters. The number of hydrogen-bond donors (Lipinski definition) is 0. The molecule has 0 amide bonds. The van der Waals surface area contributed by atoms with Gasteiger partial charge in [-0.05, 0) is 43.5 Å². The highest BCUT2D eigenvalue weighted by molar-refractivity contribution is 5.27. The van der Waals surface area contributed by atoms with E-state index in [-0.39, 0.29) is 6.10 Å². The van der Waals surface area contributed by atoms with Crippen molar-refractivity contribution in [2.24, 2.45) is 5.11 Å². The summed E-state index contributed by atoms with van der Waals surface area (Å²) in [5.41, 5.74) is 9.28.